The lowest BCUT2D eigenvalue weighted by Crippen LogP contribution is -1.97. The van der Waals surface area contributed by atoms with E-state index in [1.54, 1.807) is 6.07 Å². The van der Waals surface area contributed by atoms with E-state index in [4.69, 9.17) is 74.9 Å². The highest BCUT2D eigenvalue weighted by molar-refractivity contribution is 6.46. The zero-order valence-corrected chi connectivity index (χ0v) is 17.1. The van der Waals surface area contributed by atoms with E-state index >= 15 is 0 Å². The molecule has 0 bridgehead atoms. The Kier molecular flexibility index (Phi) is 7.23. The van der Waals surface area contributed by atoms with Gasteiger partial charge in [0.2, 0.25) is 0 Å². The molecule has 0 aromatic heterocycles. The van der Waals surface area contributed by atoms with Crippen molar-refractivity contribution in [1.82, 2.24) is 0 Å². The van der Waals surface area contributed by atoms with Crippen molar-refractivity contribution in [2.24, 2.45) is 15.3 Å². The number of azo groups is 1. The van der Waals surface area contributed by atoms with Crippen LogP contribution in [0.15, 0.2) is 27.5 Å². The van der Waals surface area contributed by atoms with Crippen molar-refractivity contribution in [1.29, 1.82) is 5.26 Å². The molecule has 0 aliphatic heterocycles. The summed E-state index contributed by atoms with van der Waals surface area (Å²) in [5.41, 5.74) is 1.91. The van der Waals surface area contributed by atoms with Crippen LogP contribution in [0.3, 0.4) is 0 Å². The Morgan fingerprint density at radius 3 is 2.04 bits per heavy atom. The predicted octanol–water partition coefficient (Wildman–Crippen LogP) is 7.05. The van der Waals surface area contributed by atoms with Crippen LogP contribution in [0.2, 0.25) is 30.1 Å². The number of nitriles is 1. The smallest absolute Gasteiger partial charge is 0.270 e. The van der Waals surface area contributed by atoms with Crippen LogP contribution in [0, 0.1) is 11.3 Å². The summed E-state index contributed by atoms with van der Waals surface area (Å²) in [5.74, 6) is -1.44. The van der Waals surface area contributed by atoms with Crippen molar-refractivity contribution in [2.45, 2.75) is 0 Å². The zero-order chi connectivity index (χ0) is 20.3. The molecule has 0 saturated carbocycles. The molecule has 0 saturated heterocycles. The number of halogens is 6. The van der Waals surface area contributed by atoms with E-state index < -0.39 is 17.3 Å². The first-order valence-corrected chi connectivity index (χ1v) is 8.82. The minimum atomic E-state index is -0.520. The van der Waals surface area contributed by atoms with E-state index in [-0.39, 0.29) is 41.5 Å². The number of anilines is 1. The Hall–Kier alpha value is -1.66. The molecule has 0 fully saturated rings. The van der Waals surface area contributed by atoms with Gasteiger partial charge in [-0.1, -0.05) is 69.6 Å². The maximum Gasteiger partial charge on any atom is 0.270 e. The first-order valence-electron chi connectivity index (χ1n) is 6.55. The third-order valence-electron chi connectivity index (χ3n) is 2.89. The van der Waals surface area contributed by atoms with Crippen LogP contribution in [0.25, 0.3) is 0 Å². The van der Waals surface area contributed by atoms with E-state index in [2.05, 4.69) is 20.8 Å². The summed E-state index contributed by atoms with van der Waals surface area (Å²) in [6, 6.07) is 4.07. The van der Waals surface area contributed by atoms with Crippen LogP contribution in [-0.2, 0) is 0 Å². The Balaban J connectivity index is 2.38. The van der Waals surface area contributed by atoms with Gasteiger partial charge in [0.1, 0.15) is 17.4 Å². The van der Waals surface area contributed by atoms with Crippen molar-refractivity contribution >= 4 is 86.8 Å². The van der Waals surface area contributed by atoms with E-state index in [0.29, 0.717) is 0 Å². The molecule has 140 valence electrons. The van der Waals surface area contributed by atoms with Crippen LogP contribution < -0.4 is 5.43 Å². The number of hydrazone groups is 1. The fourth-order valence-corrected chi connectivity index (χ4v) is 2.91. The van der Waals surface area contributed by atoms with E-state index in [1.807, 2.05) is 0 Å². The van der Waals surface area contributed by atoms with Gasteiger partial charge < -0.3 is 10.2 Å². The average Bonchev–Trinajstić information content (AvgIpc) is 2.63. The average molecular weight is 488 g/mol. The summed E-state index contributed by atoms with van der Waals surface area (Å²) < 4.78 is 0. The summed E-state index contributed by atoms with van der Waals surface area (Å²) in [7, 11) is 0. The number of hydrogen-bond donors (Lipinski definition) is 3. The lowest BCUT2D eigenvalue weighted by Gasteiger charge is -2.09. The number of hydrogen-bond acceptors (Lipinski definition) is 6. The lowest BCUT2D eigenvalue weighted by atomic mass is 10.3. The normalized spacial score (nSPS) is 11.7. The van der Waals surface area contributed by atoms with Crippen LogP contribution in [0.1, 0.15) is 0 Å². The molecule has 0 radical (unpaired) electrons. The molecule has 0 aliphatic carbocycles. The monoisotopic (exact) mass is 485 g/mol. The summed E-state index contributed by atoms with van der Waals surface area (Å²) in [4.78, 5) is 0. The summed E-state index contributed by atoms with van der Waals surface area (Å²) in [5, 5.41) is 39.3. The van der Waals surface area contributed by atoms with Crippen LogP contribution >= 0.6 is 69.6 Å². The highest BCUT2D eigenvalue weighted by Gasteiger charge is 2.16. The molecule has 0 spiro atoms. The Labute approximate surface area is 182 Å². The second-order valence-corrected chi connectivity index (χ2v) is 6.97. The highest BCUT2D eigenvalue weighted by atomic mass is 35.5. The Morgan fingerprint density at radius 2 is 1.44 bits per heavy atom. The maximum absolute atomic E-state index is 9.91. The van der Waals surface area contributed by atoms with Gasteiger partial charge in [0, 0.05) is 0 Å². The fourth-order valence-electron chi connectivity index (χ4n) is 1.63. The third-order valence-corrected chi connectivity index (χ3v) is 5.03. The zero-order valence-electron chi connectivity index (χ0n) is 12.6. The third kappa shape index (κ3) is 4.79. The molecule has 2 rings (SSSR count). The second-order valence-electron chi connectivity index (χ2n) is 4.59. The molecule has 27 heavy (non-hydrogen) atoms. The lowest BCUT2D eigenvalue weighted by molar-refractivity contribution is 0.476. The minimum absolute atomic E-state index is 0.0206. The highest BCUT2D eigenvalue weighted by Crippen LogP contribution is 2.45. The van der Waals surface area contributed by atoms with Gasteiger partial charge >= 0.3 is 0 Å². The molecule has 7 nitrogen and oxygen atoms in total. The van der Waals surface area contributed by atoms with Gasteiger partial charge in [0.15, 0.2) is 11.5 Å². The van der Waals surface area contributed by atoms with E-state index in [9.17, 15) is 10.2 Å². The van der Waals surface area contributed by atoms with Crippen molar-refractivity contribution in [2.75, 3.05) is 5.43 Å². The second kappa shape index (κ2) is 9.02. The maximum atomic E-state index is 9.91. The SMILES string of the molecule is N#C/C(N=Nc1c(O)c(Cl)cc(Cl)c1Cl)=N\Nc1c(O)c(Cl)cc(Cl)c1Cl. The van der Waals surface area contributed by atoms with Gasteiger partial charge in [-0.05, 0) is 12.1 Å². The van der Waals surface area contributed by atoms with Gasteiger partial charge in [-0.15, -0.1) is 15.3 Å². The molecule has 0 heterocycles. The van der Waals surface area contributed by atoms with Gasteiger partial charge in [0.05, 0.1) is 30.1 Å². The van der Waals surface area contributed by atoms with Crippen LogP contribution in [-0.4, -0.2) is 16.0 Å². The largest absolute Gasteiger partial charge is 0.504 e. The summed E-state index contributed by atoms with van der Waals surface area (Å²) in [6.45, 7) is 0. The molecule has 0 aliphatic rings. The molecule has 3 N–H and O–H groups in total. The van der Waals surface area contributed by atoms with Gasteiger partial charge in [-0.2, -0.15) is 5.26 Å². The molecular formula is C14H5Cl6N5O2. The number of rotatable bonds is 3. The van der Waals surface area contributed by atoms with E-state index in [1.165, 1.54) is 12.1 Å². The molecule has 2 aromatic carbocycles. The minimum Gasteiger partial charge on any atom is -0.504 e. The molecule has 0 amide bonds. The van der Waals surface area contributed by atoms with Crippen LogP contribution in [0.4, 0.5) is 11.4 Å². The van der Waals surface area contributed by atoms with Crippen molar-refractivity contribution in [3.8, 4) is 17.6 Å². The van der Waals surface area contributed by atoms with Crippen molar-refractivity contribution in [3.63, 3.8) is 0 Å². The summed E-state index contributed by atoms with van der Waals surface area (Å²) in [6.07, 6.45) is 0. The molecule has 13 heteroatoms. The van der Waals surface area contributed by atoms with Crippen molar-refractivity contribution < 1.29 is 10.2 Å². The fraction of sp³-hybridized carbons (Fsp3) is 0. The standard InChI is InChI=1S/C14H5Cl6N5O2/c15-4-1-6(17)13(26)11(9(4)19)24-22-8(3-21)23-25-12-10(20)5(16)2-7(18)14(12)27/h1-2,24,26-27H/b22-8+,25-23?. The Morgan fingerprint density at radius 1 is 0.889 bits per heavy atom. The molecule has 2 aromatic rings. The number of nitrogens with one attached hydrogen (secondary N) is 1. The number of phenols is 2. The van der Waals surface area contributed by atoms with E-state index in [0.717, 1.165) is 0 Å². The first kappa shape index (κ1) is 21.6. The number of phenolic OH excluding ortho intramolecular Hbond substituents is 2. The predicted molar refractivity (Wildman–Crippen MR) is 107 cm³/mol. The number of benzene rings is 2. The molecular weight excluding hydrogens is 483 g/mol. The quantitative estimate of drug-likeness (QED) is 0.107. The van der Waals surface area contributed by atoms with Crippen LogP contribution in [0.5, 0.6) is 11.5 Å². The number of amidine groups is 1. The topological polar surface area (TPSA) is 113 Å². The number of aromatic hydroxyl groups is 2. The molecule has 0 atom stereocenters. The van der Waals surface area contributed by atoms with Gasteiger partial charge in [0.25, 0.3) is 5.84 Å². The molecule has 0 unspecified atom stereocenters. The first-order chi connectivity index (χ1) is 12.7. The number of nitrogens with zero attached hydrogens (tertiary/aromatic N) is 4. The summed E-state index contributed by atoms with van der Waals surface area (Å²) >= 11 is 35.1. The van der Waals surface area contributed by atoms with Gasteiger partial charge in [-0.3, -0.25) is 5.43 Å². The van der Waals surface area contributed by atoms with Crippen molar-refractivity contribution in [3.05, 3.63) is 42.3 Å². The van der Waals surface area contributed by atoms with Gasteiger partial charge in [-0.25, -0.2) is 0 Å². The Bertz CT molecular complexity index is 966.